The summed E-state index contributed by atoms with van der Waals surface area (Å²) in [6, 6.07) is 6.15. The summed E-state index contributed by atoms with van der Waals surface area (Å²) in [6.07, 6.45) is 5.38. The third-order valence-corrected chi connectivity index (χ3v) is 6.58. The van der Waals surface area contributed by atoms with Gasteiger partial charge in [0.05, 0.1) is 18.2 Å². The SMILES string of the molecule is CCOC(=O)c1cc(-c2cccs2)c2n1CCC1C=C(OC)C(Br)=CC21. The Morgan fingerprint density at radius 1 is 1.42 bits per heavy atom. The van der Waals surface area contributed by atoms with Gasteiger partial charge in [0.1, 0.15) is 11.5 Å². The fourth-order valence-corrected chi connectivity index (χ4v) is 5.23. The van der Waals surface area contributed by atoms with E-state index >= 15 is 0 Å². The molecule has 0 amide bonds. The number of aromatic nitrogens is 1. The summed E-state index contributed by atoms with van der Waals surface area (Å²) in [5.41, 5.74) is 2.97. The van der Waals surface area contributed by atoms with E-state index < -0.39 is 0 Å². The number of allylic oxidation sites excluding steroid dienone is 3. The van der Waals surface area contributed by atoms with Crippen LogP contribution in [0.25, 0.3) is 10.4 Å². The first kappa shape index (κ1) is 17.6. The Hall–Kier alpha value is -1.79. The van der Waals surface area contributed by atoms with Gasteiger partial charge in [-0.05, 0) is 58.8 Å². The van der Waals surface area contributed by atoms with Crippen LogP contribution in [0.2, 0.25) is 0 Å². The quantitative estimate of drug-likeness (QED) is 0.612. The summed E-state index contributed by atoms with van der Waals surface area (Å²) < 4.78 is 13.9. The Labute approximate surface area is 165 Å². The fourth-order valence-electron chi connectivity index (χ4n) is 3.90. The maximum atomic E-state index is 12.5. The first-order valence-corrected chi connectivity index (χ1v) is 10.4. The van der Waals surface area contributed by atoms with Gasteiger partial charge in [0.2, 0.25) is 0 Å². The van der Waals surface area contributed by atoms with Crippen LogP contribution in [-0.2, 0) is 16.0 Å². The number of thiophene rings is 1. The molecule has 0 aromatic carbocycles. The van der Waals surface area contributed by atoms with Gasteiger partial charge in [0.25, 0.3) is 0 Å². The molecule has 0 bridgehead atoms. The van der Waals surface area contributed by atoms with Crippen LogP contribution in [0.3, 0.4) is 0 Å². The number of rotatable bonds is 4. The van der Waals surface area contributed by atoms with E-state index in [1.165, 1.54) is 10.6 Å². The summed E-state index contributed by atoms with van der Waals surface area (Å²) in [5.74, 6) is 1.20. The van der Waals surface area contributed by atoms with Crippen molar-refractivity contribution < 1.29 is 14.3 Å². The second-order valence-electron chi connectivity index (χ2n) is 6.41. The van der Waals surface area contributed by atoms with Crippen LogP contribution in [0.15, 0.2) is 46.0 Å². The third-order valence-electron chi connectivity index (χ3n) is 5.02. The van der Waals surface area contributed by atoms with Gasteiger partial charge in [0, 0.05) is 28.6 Å². The van der Waals surface area contributed by atoms with E-state index in [4.69, 9.17) is 9.47 Å². The lowest BCUT2D eigenvalue weighted by Crippen LogP contribution is -2.27. The summed E-state index contributed by atoms with van der Waals surface area (Å²) >= 11 is 5.33. The molecule has 1 aliphatic heterocycles. The summed E-state index contributed by atoms with van der Waals surface area (Å²) in [4.78, 5) is 13.7. The molecule has 4 rings (SSSR count). The molecule has 2 unspecified atom stereocenters. The van der Waals surface area contributed by atoms with Gasteiger partial charge in [-0.25, -0.2) is 4.79 Å². The maximum Gasteiger partial charge on any atom is 0.354 e. The van der Waals surface area contributed by atoms with Crippen LogP contribution in [-0.4, -0.2) is 24.3 Å². The smallest absolute Gasteiger partial charge is 0.354 e. The van der Waals surface area contributed by atoms with Gasteiger partial charge in [0.15, 0.2) is 0 Å². The Bertz CT molecular complexity index is 895. The Morgan fingerprint density at radius 2 is 2.27 bits per heavy atom. The molecule has 2 atom stereocenters. The largest absolute Gasteiger partial charge is 0.496 e. The van der Waals surface area contributed by atoms with Crippen molar-refractivity contribution in [2.24, 2.45) is 5.92 Å². The lowest BCUT2D eigenvalue weighted by atomic mass is 9.79. The Balaban J connectivity index is 1.87. The molecule has 0 spiro atoms. The molecule has 1 aliphatic carbocycles. The molecule has 0 N–H and O–H groups in total. The molecule has 2 aliphatic rings. The molecule has 26 heavy (non-hydrogen) atoms. The van der Waals surface area contributed by atoms with E-state index in [0.717, 1.165) is 28.8 Å². The molecule has 3 heterocycles. The topological polar surface area (TPSA) is 40.5 Å². The van der Waals surface area contributed by atoms with Crippen LogP contribution in [0, 0.1) is 5.92 Å². The zero-order chi connectivity index (χ0) is 18.3. The summed E-state index contributed by atoms with van der Waals surface area (Å²) in [6.45, 7) is 3.02. The van der Waals surface area contributed by atoms with Crippen molar-refractivity contribution in [3.63, 3.8) is 0 Å². The maximum absolute atomic E-state index is 12.5. The fraction of sp³-hybridized carbons (Fsp3) is 0.350. The molecule has 0 radical (unpaired) electrons. The zero-order valence-corrected chi connectivity index (χ0v) is 17.1. The average molecular weight is 434 g/mol. The highest BCUT2D eigenvalue weighted by molar-refractivity contribution is 9.11. The summed E-state index contributed by atoms with van der Waals surface area (Å²) in [7, 11) is 1.70. The van der Waals surface area contributed by atoms with Crippen molar-refractivity contribution >= 4 is 33.2 Å². The molecular formula is C20H20BrNO3S. The van der Waals surface area contributed by atoms with Crippen LogP contribution < -0.4 is 0 Å². The molecular weight excluding hydrogens is 414 g/mol. The highest BCUT2D eigenvalue weighted by Crippen LogP contribution is 2.47. The normalized spacial score (nSPS) is 21.3. The number of ether oxygens (including phenoxy) is 2. The number of nitrogens with zero attached hydrogens (tertiary/aromatic N) is 1. The highest BCUT2D eigenvalue weighted by Gasteiger charge is 2.36. The van der Waals surface area contributed by atoms with E-state index in [9.17, 15) is 4.79 Å². The number of carbonyl (C=O) groups is 1. The molecule has 4 nitrogen and oxygen atoms in total. The van der Waals surface area contributed by atoms with Crippen molar-refractivity contribution in [2.45, 2.75) is 25.8 Å². The first-order chi connectivity index (χ1) is 12.6. The lowest BCUT2D eigenvalue weighted by molar-refractivity contribution is 0.0511. The third kappa shape index (κ3) is 2.85. The van der Waals surface area contributed by atoms with Crippen LogP contribution >= 0.6 is 27.3 Å². The van der Waals surface area contributed by atoms with E-state index in [2.05, 4.69) is 44.1 Å². The molecule has 6 heteroatoms. The first-order valence-electron chi connectivity index (χ1n) is 8.72. The number of fused-ring (bicyclic) bond motifs is 3. The Morgan fingerprint density at radius 3 is 2.96 bits per heavy atom. The predicted molar refractivity (Wildman–Crippen MR) is 107 cm³/mol. The Kier molecular flexibility index (Phi) is 4.80. The average Bonchev–Trinajstić information content (AvgIpc) is 3.28. The molecule has 0 saturated heterocycles. The predicted octanol–water partition coefficient (Wildman–Crippen LogP) is 5.32. The van der Waals surface area contributed by atoms with Crippen LogP contribution in [0.5, 0.6) is 0 Å². The van der Waals surface area contributed by atoms with Gasteiger partial charge >= 0.3 is 5.97 Å². The lowest BCUT2D eigenvalue weighted by Gasteiger charge is -2.34. The van der Waals surface area contributed by atoms with E-state index in [0.29, 0.717) is 18.2 Å². The van der Waals surface area contributed by atoms with Gasteiger partial charge in [-0.15, -0.1) is 11.3 Å². The highest BCUT2D eigenvalue weighted by atomic mass is 79.9. The number of halogens is 1. The van der Waals surface area contributed by atoms with Crippen LogP contribution in [0.4, 0.5) is 0 Å². The molecule has 2 aromatic rings. The van der Waals surface area contributed by atoms with Gasteiger partial charge in [-0.3, -0.25) is 0 Å². The van der Waals surface area contributed by atoms with Crippen molar-refractivity contribution in [2.75, 3.05) is 13.7 Å². The second-order valence-corrected chi connectivity index (χ2v) is 8.21. The standard InChI is InChI=1S/C20H20BrNO3S/c1-3-25-20(23)16-11-14(18-5-4-8-26-18)19-13-10-15(21)17(24-2)9-12(13)6-7-22(16)19/h4-5,8-13H,3,6-7H2,1-2H3. The van der Waals surface area contributed by atoms with Crippen molar-refractivity contribution in [3.8, 4) is 10.4 Å². The van der Waals surface area contributed by atoms with Crippen molar-refractivity contribution in [3.05, 3.63) is 57.4 Å². The zero-order valence-electron chi connectivity index (χ0n) is 14.7. The number of hydrogen-bond acceptors (Lipinski definition) is 4. The molecule has 136 valence electrons. The van der Waals surface area contributed by atoms with Gasteiger partial charge < -0.3 is 14.0 Å². The molecule has 0 saturated carbocycles. The van der Waals surface area contributed by atoms with Crippen LogP contribution in [0.1, 0.15) is 35.4 Å². The second kappa shape index (κ2) is 7.08. The number of esters is 1. The number of methoxy groups -OCH3 is 1. The number of hydrogen-bond donors (Lipinski definition) is 0. The van der Waals surface area contributed by atoms with Gasteiger partial charge in [-0.2, -0.15) is 0 Å². The van der Waals surface area contributed by atoms with E-state index in [-0.39, 0.29) is 11.9 Å². The van der Waals surface area contributed by atoms with Crippen molar-refractivity contribution in [1.82, 2.24) is 4.57 Å². The minimum absolute atomic E-state index is 0.206. The molecule has 0 fully saturated rings. The minimum atomic E-state index is -0.248. The minimum Gasteiger partial charge on any atom is -0.496 e. The van der Waals surface area contributed by atoms with Crippen molar-refractivity contribution in [1.29, 1.82) is 0 Å². The van der Waals surface area contributed by atoms with E-state index in [1.807, 2.05) is 19.1 Å². The van der Waals surface area contributed by atoms with Gasteiger partial charge in [-0.1, -0.05) is 12.1 Å². The summed E-state index contributed by atoms with van der Waals surface area (Å²) in [5, 5.41) is 2.07. The monoisotopic (exact) mass is 433 g/mol. The number of carbonyl (C=O) groups excluding carboxylic acids is 1. The molecule has 2 aromatic heterocycles. The van der Waals surface area contributed by atoms with E-state index in [1.54, 1.807) is 18.4 Å².